The zero-order valence-electron chi connectivity index (χ0n) is 18.7. The summed E-state index contributed by atoms with van der Waals surface area (Å²) < 4.78 is 11.2. The Labute approximate surface area is 194 Å². The molecule has 0 atom stereocenters. The molecule has 4 rings (SSSR count). The molecule has 0 aliphatic carbocycles. The first kappa shape index (κ1) is 22.3. The average Bonchev–Trinajstić information content (AvgIpc) is 2.86. The lowest BCUT2D eigenvalue weighted by molar-refractivity contribution is 0.207. The van der Waals surface area contributed by atoms with Crippen molar-refractivity contribution < 1.29 is 14.3 Å². The van der Waals surface area contributed by atoms with Crippen molar-refractivity contribution >= 4 is 17.9 Å². The lowest BCUT2D eigenvalue weighted by Crippen LogP contribution is -2.39. The van der Waals surface area contributed by atoms with E-state index in [2.05, 4.69) is 45.9 Å². The lowest BCUT2D eigenvalue weighted by Gasteiger charge is -2.28. The Morgan fingerprint density at radius 1 is 1.06 bits per heavy atom. The van der Waals surface area contributed by atoms with Gasteiger partial charge in [-0.15, -0.1) is 5.10 Å². The van der Waals surface area contributed by atoms with Crippen molar-refractivity contribution in [3.05, 3.63) is 83.6 Å². The molecule has 33 heavy (non-hydrogen) atoms. The monoisotopic (exact) mass is 444 g/mol. The van der Waals surface area contributed by atoms with E-state index in [0.29, 0.717) is 25.5 Å². The molecule has 1 aliphatic heterocycles. The Morgan fingerprint density at radius 3 is 2.61 bits per heavy atom. The second kappa shape index (κ2) is 11.1. The van der Waals surface area contributed by atoms with Gasteiger partial charge in [0.2, 0.25) is 0 Å². The highest BCUT2D eigenvalue weighted by molar-refractivity contribution is 5.88. The largest absolute Gasteiger partial charge is 0.497 e. The molecule has 0 unspecified atom stereocenters. The Hall–Kier alpha value is -3.87. The van der Waals surface area contributed by atoms with Crippen molar-refractivity contribution in [1.29, 1.82) is 0 Å². The summed E-state index contributed by atoms with van der Waals surface area (Å²) in [5, 5.41) is 10.5. The number of nitrogens with zero attached hydrogens (tertiary/aromatic N) is 3. The third kappa shape index (κ3) is 6.55. The highest BCUT2D eigenvalue weighted by atomic mass is 16.5. The fraction of sp³-hybridized carbons (Fsp3) is 0.269. The molecule has 1 aromatic heterocycles. The molecule has 1 fully saturated rings. The van der Waals surface area contributed by atoms with Gasteiger partial charge in [-0.1, -0.05) is 35.9 Å². The number of hydrogen-bond donors (Lipinski definition) is 1. The van der Waals surface area contributed by atoms with Gasteiger partial charge in [-0.05, 0) is 60.4 Å². The first-order chi connectivity index (χ1) is 16.2. The van der Waals surface area contributed by atoms with E-state index in [1.807, 2.05) is 29.2 Å². The molecular formula is C26H28N4O3. The minimum absolute atomic E-state index is 0.137. The van der Waals surface area contributed by atoms with Crippen LogP contribution in [0.25, 0.3) is 6.08 Å². The lowest BCUT2D eigenvalue weighted by atomic mass is 10.0. The van der Waals surface area contributed by atoms with Gasteiger partial charge in [0, 0.05) is 25.7 Å². The number of nitrogens with one attached hydrogen (secondary N) is 1. The molecule has 0 radical (unpaired) electrons. The Kier molecular flexibility index (Phi) is 7.53. The van der Waals surface area contributed by atoms with Gasteiger partial charge in [-0.2, -0.15) is 5.10 Å². The van der Waals surface area contributed by atoms with Crippen molar-refractivity contribution in [2.75, 3.05) is 32.1 Å². The van der Waals surface area contributed by atoms with Crippen LogP contribution in [0.3, 0.4) is 0 Å². The van der Waals surface area contributed by atoms with Crippen LogP contribution in [-0.2, 0) is 6.42 Å². The van der Waals surface area contributed by atoms with Crippen LogP contribution in [0.15, 0.2) is 72.4 Å². The third-order valence-corrected chi connectivity index (χ3v) is 5.55. The molecule has 7 nitrogen and oxygen atoms in total. The quantitative estimate of drug-likeness (QED) is 0.566. The summed E-state index contributed by atoms with van der Waals surface area (Å²) in [6, 6.07) is 19.5. The number of piperidine rings is 1. The van der Waals surface area contributed by atoms with Gasteiger partial charge in [-0.25, -0.2) is 4.79 Å². The van der Waals surface area contributed by atoms with E-state index in [9.17, 15) is 4.79 Å². The van der Waals surface area contributed by atoms with Crippen LogP contribution in [0.1, 0.15) is 24.0 Å². The number of hydrogen-bond acceptors (Lipinski definition) is 5. The van der Waals surface area contributed by atoms with E-state index in [1.165, 1.54) is 11.1 Å². The summed E-state index contributed by atoms with van der Waals surface area (Å²) in [5.41, 5.74) is 3.66. The Morgan fingerprint density at radius 2 is 1.88 bits per heavy atom. The van der Waals surface area contributed by atoms with Gasteiger partial charge in [0.1, 0.15) is 11.5 Å². The van der Waals surface area contributed by atoms with E-state index in [4.69, 9.17) is 9.47 Å². The number of aromatic nitrogens is 2. The van der Waals surface area contributed by atoms with Gasteiger partial charge in [0.25, 0.3) is 0 Å². The summed E-state index contributed by atoms with van der Waals surface area (Å²) in [7, 11) is 1.67. The summed E-state index contributed by atoms with van der Waals surface area (Å²) in [6.07, 6.45) is 6.30. The fourth-order valence-electron chi connectivity index (χ4n) is 3.71. The standard InChI is InChI=1S/C26H28N4O3/c1-32-23-9-7-20(8-10-23)13-17-33-24-5-2-4-22(19-24)18-21-11-15-30(16-12-21)26(31)28-25-6-3-14-27-29-25/h2-10,14,18-19H,11-13,15-17H2,1H3,(H,28,29,31). The zero-order chi connectivity index (χ0) is 22.9. The third-order valence-electron chi connectivity index (χ3n) is 5.55. The van der Waals surface area contributed by atoms with Gasteiger partial charge in [0.15, 0.2) is 5.82 Å². The fourth-order valence-corrected chi connectivity index (χ4v) is 3.71. The minimum Gasteiger partial charge on any atom is -0.497 e. The van der Waals surface area contributed by atoms with Crippen molar-refractivity contribution in [3.63, 3.8) is 0 Å². The topological polar surface area (TPSA) is 76.6 Å². The predicted octanol–water partition coefficient (Wildman–Crippen LogP) is 4.82. The van der Waals surface area contributed by atoms with Crippen molar-refractivity contribution in [2.24, 2.45) is 0 Å². The number of benzene rings is 2. The summed E-state index contributed by atoms with van der Waals surface area (Å²) in [5.74, 6) is 2.18. The van der Waals surface area contributed by atoms with E-state index in [1.54, 1.807) is 25.4 Å². The first-order valence-electron chi connectivity index (χ1n) is 11.1. The molecule has 170 valence electrons. The van der Waals surface area contributed by atoms with Crippen LogP contribution in [0, 0.1) is 0 Å². The van der Waals surface area contributed by atoms with E-state index < -0.39 is 0 Å². The zero-order valence-corrected chi connectivity index (χ0v) is 18.7. The molecule has 2 aromatic carbocycles. The Bertz CT molecular complexity index is 1070. The SMILES string of the molecule is COc1ccc(CCOc2cccc(C=C3CCN(C(=O)Nc4cccnn4)CC3)c2)cc1. The number of likely N-dealkylation sites (tertiary alicyclic amines) is 1. The molecule has 0 bridgehead atoms. The van der Waals surface area contributed by atoms with Crippen molar-refractivity contribution in [1.82, 2.24) is 15.1 Å². The summed E-state index contributed by atoms with van der Waals surface area (Å²) in [4.78, 5) is 14.2. The molecular weight excluding hydrogens is 416 g/mol. The number of carbonyl (C=O) groups excluding carboxylic acids is 1. The molecule has 2 amide bonds. The van der Waals surface area contributed by atoms with Gasteiger partial charge < -0.3 is 14.4 Å². The van der Waals surface area contributed by atoms with Crippen molar-refractivity contribution in [3.8, 4) is 11.5 Å². The highest BCUT2D eigenvalue weighted by Crippen LogP contribution is 2.22. The molecule has 0 spiro atoms. The maximum Gasteiger partial charge on any atom is 0.323 e. The van der Waals surface area contributed by atoms with Crippen LogP contribution in [0.2, 0.25) is 0 Å². The number of urea groups is 1. The second-order valence-electron chi connectivity index (χ2n) is 7.85. The normalized spacial score (nSPS) is 13.4. The van der Waals surface area contributed by atoms with Crippen LogP contribution in [0.4, 0.5) is 10.6 Å². The van der Waals surface area contributed by atoms with E-state index in [-0.39, 0.29) is 6.03 Å². The van der Waals surface area contributed by atoms with E-state index >= 15 is 0 Å². The minimum atomic E-state index is -0.137. The number of methoxy groups -OCH3 is 1. The number of rotatable bonds is 7. The van der Waals surface area contributed by atoms with Crippen LogP contribution >= 0.6 is 0 Å². The van der Waals surface area contributed by atoms with Gasteiger partial charge in [0.05, 0.1) is 13.7 Å². The number of anilines is 1. The van der Waals surface area contributed by atoms with E-state index in [0.717, 1.165) is 36.3 Å². The van der Waals surface area contributed by atoms with Crippen molar-refractivity contribution in [2.45, 2.75) is 19.3 Å². The van der Waals surface area contributed by atoms with Gasteiger partial charge in [-0.3, -0.25) is 5.32 Å². The maximum absolute atomic E-state index is 12.4. The van der Waals surface area contributed by atoms with Crippen LogP contribution in [-0.4, -0.2) is 47.9 Å². The number of ether oxygens (including phenoxy) is 2. The summed E-state index contributed by atoms with van der Waals surface area (Å²) >= 11 is 0. The van der Waals surface area contributed by atoms with Gasteiger partial charge >= 0.3 is 6.03 Å². The molecule has 1 saturated heterocycles. The molecule has 1 aliphatic rings. The van der Waals surface area contributed by atoms with Crippen LogP contribution < -0.4 is 14.8 Å². The Balaban J connectivity index is 1.26. The highest BCUT2D eigenvalue weighted by Gasteiger charge is 2.19. The molecule has 0 saturated carbocycles. The van der Waals surface area contributed by atoms with Crippen LogP contribution in [0.5, 0.6) is 11.5 Å². The molecule has 7 heteroatoms. The smallest absolute Gasteiger partial charge is 0.323 e. The summed E-state index contributed by atoms with van der Waals surface area (Å²) in [6.45, 7) is 1.97. The maximum atomic E-state index is 12.4. The first-order valence-corrected chi connectivity index (χ1v) is 11.1. The predicted molar refractivity (Wildman–Crippen MR) is 128 cm³/mol. The molecule has 1 N–H and O–H groups in total. The molecule has 2 heterocycles. The number of amides is 2. The second-order valence-corrected chi connectivity index (χ2v) is 7.85. The average molecular weight is 445 g/mol. The number of carbonyl (C=O) groups is 1. The molecule has 3 aromatic rings.